The zero-order valence-electron chi connectivity index (χ0n) is 24.6. The van der Waals surface area contributed by atoms with Crippen molar-refractivity contribution in [2.24, 2.45) is 11.3 Å². The molecule has 1 saturated carbocycles. The fourth-order valence-electron chi connectivity index (χ4n) is 7.37. The minimum absolute atomic E-state index is 0.179. The molecule has 4 heterocycles. The Bertz CT molecular complexity index is 1500. The number of hydrogen-bond donors (Lipinski definition) is 1. The highest BCUT2D eigenvalue weighted by molar-refractivity contribution is 5.79. The Hall–Kier alpha value is -3.49. The zero-order valence-corrected chi connectivity index (χ0v) is 24.6. The Morgan fingerprint density at radius 1 is 1.14 bits per heavy atom. The normalized spacial score (nSPS) is 24.1. The maximum absolute atomic E-state index is 11.7. The van der Waals surface area contributed by atoms with Crippen LogP contribution in [0.2, 0.25) is 0 Å². The van der Waals surface area contributed by atoms with Gasteiger partial charge in [-0.3, -0.25) is 9.69 Å². The minimum atomic E-state index is -0.658. The van der Waals surface area contributed by atoms with Crippen molar-refractivity contribution in [2.45, 2.75) is 65.1 Å². The van der Waals surface area contributed by atoms with Crippen LogP contribution in [0.3, 0.4) is 0 Å². The molecule has 0 bridgehead atoms. The lowest BCUT2D eigenvalue weighted by Gasteiger charge is -2.38. The number of aryl methyl sites for hydroxylation is 1. The van der Waals surface area contributed by atoms with Crippen LogP contribution in [0.15, 0.2) is 42.6 Å². The molecule has 2 aromatic carbocycles. The van der Waals surface area contributed by atoms with E-state index in [-0.39, 0.29) is 5.92 Å². The quantitative estimate of drug-likeness (QED) is 0.417. The van der Waals surface area contributed by atoms with Gasteiger partial charge in [0.05, 0.1) is 11.1 Å². The van der Waals surface area contributed by atoms with Crippen LogP contribution in [-0.2, 0) is 29.1 Å². The second-order valence-electron chi connectivity index (χ2n) is 12.6. The number of piperidine rings is 1. The van der Waals surface area contributed by atoms with Crippen molar-refractivity contribution in [3.63, 3.8) is 0 Å². The summed E-state index contributed by atoms with van der Waals surface area (Å²) >= 11 is 0. The lowest BCUT2D eigenvalue weighted by atomic mass is 9.90. The van der Waals surface area contributed by atoms with Gasteiger partial charge in [-0.2, -0.15) is 0 Å². The third kappa shape index (κ3) is 5.05. The van der Waals surface area contributed by atoms with Crippen LogP contribution >= 0.6 is 0 Å². The molecule has 3 aromatic rings. The Kier molecular flexibility index (Phi) is 7.14. The third-order valence-corrected chi connectivity index (χ3v) is 10.2. The molecule has 42 heavy (non-hydrogen) atoms. The highest BCUT2D eigenvalue weighted by Crippen LogP contribution is 2.58. The second-order valence-corrected chi connectivity index (χ2v) is 12.6. The van der Waals surface area contributed by atoms with Crippen LogP contribution in [0.4, 0.5) is 5.95 Å². The Balaban J connectivity index is 1.07. The van der Waals surface area contributed by atoms with E-state index < -0.39 is 11.4 Å². The lowest BCUT2D eigenvalue weighted by molar-refractivity contribution is -0.144. The van der Waals surface area contributed by atoms with E-state index in [0.717, 1.165) is 74.6 Å². The van der Waals surface area contributed by atoms with Crippen molar-refractivity contribution in [3.8, 4) is 17.0 Å². The number of nitrogens with zero attached hydrogens (tertiary/aromatic N) is 4. The average Bonchev–Trinajstić information content (AvgIpc) is 3.77. The van der Waals surface area contributed by atoms with E-state index in [2.05, 4.69) is 52.9 Å². The van der Waals surface area contributed by atoms with Crippen LogP contribution in [0, 0.1) is 25.2 Å². The molecule has 2 saturated heterocycles. The molecule has 2 atom stereocenters. The van der Waals surface area contributed by atoms with Gasteiger partial charge in [-0.1, -0.05) is 23.8 Å². The van der Waals surface area contributed by atoms with Crippen molar-refractivity contribution < 1.29 is 19.4 Å². The third-order valence-electron chi connectivity index (χ3n) is 10.2. The van der Waals surface area contributed by atoms with Gasteiger partial charge in [-0.25, -0.2) is 9.97 Å². The summed E-state index contributed by atoms with van der Waals surface area (Å²) in [5.41, 5.74) is 7.88. The Morgan fingerprint density at radius 3 is 2.81 bits per heavy atom. The smallest absolute Gasteiger partial charge is 0.310 e. The van der Waals surface area contributed by atoms with E-state index in [1.54, 1.807) is 6.20 Å². The number of carboxylic acids is 1. The van der Waals surface area contributed by atoms with Gasteiger partial charge in [0, 0.05) is 57.2 Å². The molecule has 0 radical (unpaired) electrons. The Morgan fingerprint density at radius 2 is 2.00 bits per heavy atom. The summed E-state index contributed by atoms with van der Waals surface area (Å²) in [6.07, 6.45) is 6.55. The summed E-state index contributed by atoms with van der Waals surface area (Å²) in [5.74, 6) is 0.984. The van der Waals surface area contributed by atoms with E-state index in [0.29, 0.717) is 38.1 Å². The van der Waals surface area contributed by atoms with Crippen LogP contribution in [0.25, 0.3) is 11.3 Å². The number of aromatic nitrogens is 2. The molecule has 3 fully saturated rings. The topological polar surface area (TPSA) is 88.0 Å². The maximum Gasteiger partial charge on any atom is 0.310 e. The highest BCUT2D eigenvalue weighted by atomic mass is 16.5. The first kappa shape index (κ1) is 27.3. The van der Waals surface area contributed by atoms with Gasteiger partial charge >= 0.3 is 5.97 Å². The number of aliphatic carboxylic acids is 1. The van der Waals surface area contributed by atoms with Gasteiger partial charge in [0.1, 0.15) is 12.4 Å². The molecule has 8 heteroatoms. The first-order valence-corrected chi connectivity index (χ1v) is 15.4. The Labute approximate surface area is 247 Å². The molecule has 7 rings (SSSR count). The number of benzene rings is 2. The van der Waals surface area contributed by atoms with Crippen LogP contribution in [0.1, 0.15) is 53.5 Å². The van der Waals surface area contributed by atoms with E-state index in [9.17, 15) is 9.90 Å². The lowest BCUT2D eigenvalue weighted by Crippen LogP contribution is -2.42. The molecule has 220 valence electrons. The van der Waals surface area contributed by atoms with Crippen molar-refractivity contribution in [2.75, 3.05) is 37.7 Å². The zero-order chi connectivity index (χ0) is 28.8. The summed E-state index contributed by atoms with van der Waals surface area (Å²) in [4.78, 5) is 26.0. The SMILES string of the molecule is Cc1ccc(OCc2ccc3c(c2C)CCN(C2CCOCC2)C3)c(-c2ccnc(N3CC[C@@]4(C(=O)O)C[C@H]4C3)n2)c1. The summed E-state index contributed by atoms with van der Waals surface area (Å²) in [6.45, 7) is 10.1. The monoisotopic (exact) mass is 568 g/mol. The molecular weight excluding hydrogens is 528 g/mol. The molecule has 4 aliphatic rings. The minimum Gasteiger partial charge on any atom is -0.488 e. The van der Waals surface area contributed by atoms with Crippen LogP contribution < -0.4 is 9.64 Å². The van der Waals surface area contributed by atoms with Crippen molar-refractivity contribution in [1.82, 2.24) is 14.9 Å². The first-order chi connectivity index (χ1) is 20.4. The fourth-order valence-corrected chi connectivity index (χ4v) is 7.37. The standard InChI is InChI=1S/C34H40N4O4/c1-22-3-6-31(29(17-22)30-7-12-35-33(36-30)38-14-11-34(32(39)40)18-26(34)20-38)42-21-25-5-4-24-19-37(13-8-28(24)23(25)2)27-9-15-41-16-10-27/h3-7,12,17,26-27H,8-11,13-16,18-21H2,1-2H3,(H,39,40)/t26-,34+/m0/s1. The van der Waals surface area contributed by atoms with Crippen molar-refractivity contribution >= 4 is 11.9 Å². The summed E-state index contributed by atoms with van der Waals surface area (Å²) < 4.78 is 12.1. The van der Waals surface area contributed by atoms with Crippen LogP contribution in [-0.4, -0.2) is 64.8 Å². The maximum atomic E-state index is 11.7. The van der Waals surface area contributed by atoms with Gasteiger partial charge in [-0.05, 0) is 92.3 Å². The largest absolute Gasteiger partial charge is 0.488 e. The molecule has 0 unspecified atom stereocenters. The summed E-state index contributed by atoms with van der Waals surface area (Å²) in [5, 5.41) is 9.64. The number of hydrogen-bond acceptors (Lipinski definition) is 7. The van der Waals surface area contributed by atoms with Crippen molar-refractivity contribution in [1.29, 1.82) is 0 Å². The number of ether oxygens (including phenoxy) is 2. The molecule has 1 aromatic heterocycles. The molecule has 3 aliphatic heterocycles. The average molecular weight is 569 g/mol. The molecule has 1 aliphatic carbocycles. The van der Waals surface area contributed by atoms with Gasteiger partial charge in [0.15, 0.2) is 0 Å². The summed E-state index contributed by atoms with van der Waals surface area (Å²) in [7, 11) is 0. The summed E-state index contributed by atoms with van der Waals surface area (Å²) in [6, 6.07) is 13.4. The van der Waals surface area contributed by atoms with Gasteiger partial charge in [0.25, 0.3) is 0 Å². The molecule has 1 N–H and O–H groups in total. The number of anilines is 1. The highest BCUT2D eigenvalue weighted by Gasteiger charge is 2.62. The number of carbonyl (C=O) groups is 1. The molecule has 0 amide bonds. The molecular formula is C34H40N4O4. The van der Waals surface area contributed by atoms with E-state index >= 15 is 0 Å². The van der Waals surface area contributed by atoms with Gasteiger partial charge < -0.3 is 19.5 Å². The van der Waals surface area contributed by atoms with Crippen molar-refractivity contribution in [3.05, 3.63) is 70.4 Å². The van der Waals surface area contributed by atoms with Gasteiger partial charge in [0.2, 0.25) is 5.95 Å². The predicted molar refractivity (Wildman–Crippen MR) is 161 cm³/mol. The fraction of sp³-hybridized carbons (Fsp3) is 0.500. The van der Waals surface area contributed by atoms with E-state index in [1.165, 1.54) is 22.3 Å². The molecule has 0 spiro atoms. The number of rotatable bonds is 7. The van der Waals surface area contributed by atoms with Crippen LogP contribution in [0.5, 0.6) is 5.75 Å². The number of fused-ring (bicyclic) bond motifs is 2. The number of carboxylic acid groups (broad SMARTS) is 1. The molecule has 8 nitrogen and oxygen atoms in total. The van der Waals surface area contributed by atoms with E-state index in [1.807, 2.05) is 12.1 Å². The van der Waals surface area contributed by atoms with Gasteiger partial charge in [-0.15, -0.1) is 0 Å². The second kappa shape index (κ2) is 11.0. The predicted octanol–water partition coefficient (Wildman–Crippen LogP) is 5.18. The van der Waals surface area contributed by atoms with E-state index in [4.69, 9.17) is 14.5 Å². The first-order valence-electron chi connectivity index (χ1n) is 15.4.